The van der Waals surface area contributed by atoms with Gasteiger partial charge in [0.05, 0.1) is 18.1 Å². The maximum Gasteiger partial charge on any atom is 0.0972 e. The molecule has 2 heteroatoms. The van der Waals surface area contributed by atoms with Crippen LogP contribution in [0, 0.1) is 0 Å². The third-order valence-corrected chi connectivity index (χ3v) is 2.35. The Morgan fingerprint density at radius 3 is 2.80 bits per heavy atom. The van der Waals surface area contributed by atoms with Crippen LogP contribution in [0.15, 0.2) is 0 Å². The van der Waals surface area contributed by atoms with Gasteiger partial charge in [-0.15, -0.1) is 11.6 Å². The Morgan fingerprint density at radius 1 is 1.60 bits per heavy atom. The Morgan fingerprint density at radius 2 is 2.30 bits per heavy atom. The number of unbranched alkanes of at least 4 members (excludes halogenated alkanes) is 2. The molecule has 1 aliphatic rings. The number of alkyl halides is 1. The summed E-state index contributed by atoms with van der Waals surface area (Å²) in [5.41, 5.74) is 0. The Hall–Kier alpha value is 0.250. The second-order valence-electron chi connectivity index (χ2n) is 2.88. The van der Waals surface area contributed by atoms with Gasteiger partial charge < -0.3 is 4.74 Å². The molecule has 1 aliphatic heterocycles. The molecule has 2 atom stereocenters. The highest BCUT2D eigenvalue weighted by molar-refractivity contribution is 6.21. The predicted molar refractivity (Wildman–Crippen MR) is 43.5 cm³/mol. The van der Waals surface area contributed by atoms with E-state index in [1.165, 1.54) is 19.3 Å². The van der Waals surface area contributed by atoms with Crippen molar-refractivity contribution in [2.45, 2.75) is 44.1 Å². The summed E-state index contributed by atoms with van der Waals surface area (Å²) >= 11 is 5.99. The Bertz CT molecular complexity index is 91.3. The Labute approximate surface area is 67.7 Å². The zero-order valence-electron chi connectivity index (χ0n) is 6.48. The van der Waals surface area contributed by atoms with E-state index in [0.29, 0.717) is 6.10 Å². The van der Waals surface area contributed by atoms with Gasteiger partial charge in [-0.25, -0.2) is 0 Å². The monoisotopic (exact) mass is 162 g/mol. The molecule has 0 spiro atoms. The van der Waals surface area contributed by atoms with E-state index in [4.69, 9.17) is 16.3 Å². The first-order valence-corrected chi connectivity index (χ1v) is 4.54. The van der Waals surface area contributed by atoms with Crippen molar-refractivity contribution >= 4 is 11.6 Å². The molecule has 1 heterocycles. The average Bonchev–Trinajstić information content (AvgIpc) is 2.69. The Balaban J connectivity index is 1.90. The second-order valence-corrected chi connectivity index (χ2v) is 3.44. The standard InChI is InChI=1S/C8H15ClO/c1-2-3-4-5-7(9)8-6-10-8/h7-8H,2-6H2,1H3/t7-,8-/m0/s1. The summed E-state index contributed by atoms with van der Waals surface area (Å²) in [6.07, 6.45) is 5.34. The largest absolute Gasteiger partial charge is 0.372 e. The van der Waals surface area contributed by atoms with E-state index in [1.54, 1.807) is 0 Å². The maximum absolute atomic E-state index is 5.99. The molecule has 1 fully saturated rings. The number of epoxide rings is 1. The van der Waals surface area contributed by atoms with Crippen LogP contribution < -0.4 is 0 Å². The summed E-state index contributed by atoms with van der Waals surface area (Å²) in [7, 11) is 0. The molecule has 0 aromatic heterocycles. The van der Waals surface area contributed by atoms with Crippen molar-refractivity contribution in [2.24, 2.45) is 0 Å². The first kappa shape index (κ1) is 8.35. The van der Waals surface area contributed by atoms with Crippen LogP contribution in [0.3, 0.4) is 0 Å². The second kappa shape index (κ2) is 4.20. The fraction of sp³-hybridized carbons (Fsp3) is 1.00. The molecule has 1 rings (SSSR count). The van der Waals surface area contributed by atoms with Crippen LogP contribution >= 0.6 is 11.6 Å². The highest BCUT2D eigenvalue weighted by atomic mass is 35.5. The van der Waals surface area contributed by atoms with Gasteiger partial charge in [-0.05, 0) is 6.42 Å². The lowest BCUT2D eigenvalue weighted by molar-refractivity contribution is 0.391. The number of halogens is 1. The third kappa shape index (κ3) is 2.89. The molecule has 0 aromatic carbocycles. The highest BCUT2D eigenvalue weighted by Gasteiger charge is 2.30. The Kier molecular flexibility index (Phi) is 3.50. The molecule has 0 bridgehead atoms. The van der Waals surface area contributed by atoms with Gasteiger partial charge in [-0.3, -0.25) is 0 Å². The van der Waals surface area contributed by atoms with Gasteiger partial charge >= 0.3 is 0 Å². The maximum atomic E-state index is 5.99. The van der Waals surface area contributed by atoms with Crippen molar-refractivity contribution in [1.82, 2.24) is 0 Å². The quantitative estimate of drug-likeness (QED) is 0.344. The topological polar surface area (TPSA) is 12.5 Å². The van der Waals surface area contributed by atoms with E-state index < -0.39 is 0 Å². The fourth-order valence-electron chi connectivity index (χ4n) is 1.04. The third-order valence-electron chi connectivity index (χ3n) is 1.85. The number of hydrogen-bond donors (Lipinski definition) is 0. The van der Waals surface area contributed by atoms with Crippen molar-refractivity contribution < 1.29 is 4.74 Å². The van der Waals surface area contributed by atoms with Gasteiger partial charge in [0.25, 0.3) is 0 Å². The summed E-state index contributed by atoms with van der Waals surface area (Å²) in [6.45, 7) is 3.09. The molecule has 0 aromatic rings. The smallest absolute Gasteiger partial charge is 0.0972 e. The lowest BCUT2D eigenvalue weighted by Crippen LogP contribution is -2.06. The summed E-state index contributed by atoms with van der Waals surface area (Å²) in [6, 6.07) is 0. The van der Waals surface area contributed by atoms with E-state index in [-0.39, 0.29) is 5.38 Å². The van der Waals surface area contributed by atoms with Gasteiger partial charge in [0.2, 0.25) is 0 Å². The SMILES string of the molecule is CCCCC[C@H](Cl)[C@@H]1CO1. The van der Waals surface area contributed by atoms with Crippen molar-refractivity contribution in [3.63, 3.8) is 0 Å². The molecule has 0 saturated carbocycles. The van der Waals surface area contributed by atoms with Gasteiger partial charge in [-0.2, -0.15) is 0 Å². The molecule has 60 valence electrons. The van der Waals surface area contributed by atoms with Crippen molar-refractivity contribution in [1.29, 1.82) is 0 Å². The van der Waals surface area contributed by atoms with Crippen molar-refractivity contribution in [3.8, 4) is 0 Å². The molecule has 0 unspecified atom stereocenters. The van der Waals surface area contributed by atoms with Gasteiger partial charge in [-0.1, -0.05) is 26.2 Å². The highest BCUT2D eigenvalue weighted by Crippen LogP contribution is 2.23. The number of rotatable bonds is 5. The van der Waals surface area contributed by atoms with Crippen LogP contribution in [-0.4, -0.2) is 18.1 Å². The lowest BCUT2D eigenvalue weighted by Gasteiger charge is -2.03. The molecule has 1 saturated heterocycles. The summed E-state index contributed by atoms with van der Waals surface area (Å²) < 4.78 is 5.07. The molecule has 0 radical (unpaired) electrons. The van der Waals surface area contributed by atoms with Crippen LogP contribution in [0.2, 0.25) is 0 Å². The summed E-state index contributed by atoms with van der Waals surface area (Å²) in [5.74, 6) is 0. The van der Waals surface area contributed by atoms with Crippen LogP contribution in [0.4, 0.5) is 0 Å². The van der Waals surface area contributed by atoms with E-state index in [0.717, 1.165) is 13.0 Å². The van der Waals surface area contributed by atoms with Crippen LogP contribution in [0.5, 0.6) is 0 Å². The van der Waals surface area contributed by atoms with E-state index in [9.17, 15) is 0 Å². The molecule has 1 nitrogen and oxygen atoms in total. The van der Waals surface area contributed by atoms with Gasteiger partial charge in [0.1, 0.15) is 0 Å². The first-order chi connectivity index (χ1) is 4.84. The predicted octanol–water partition coefficient (Wildman–Crippen LogP) is 2.57. The van der Waals surface area contributed by atoms with Crippen molar-refractivity contribution in [2.75, 3.05) is 6.61 Å². The molecule has 10 heavy (non-hydrogen) atoms. The molecule has 0 N–H and O–H groups in total. The van der Waals surface area contributed by atoms with Crippen LogP contribution in [0.25, 0.3) is 0 Å². The lowest BCUT2D eigenvalue weighted by atomic mass is 10.1. The van der Waals surface area contributed by atoms with Crippen LogP contribution in [-0.2, 0) is 4.74 Å². The van der Waals surface area contributed by atoms with Gasteiger partial charge in [0.15, 0.2) is 0 Å². The number of hydrogen-bond acceptors (Lipinski definition) is 1. The fourth-order valence-corrected chi connectivity index (χ4v) is 1.34. The molecular formula is C8H15ClO. The molecule has 0 aliphatic carbocycles. The minimum absolute atomic E-state index is 0.284. The normalized spacial score (nSPS) is 26.4. The number of ether oxygens (including phenoxy) is 1. The summed E-state index contributed by atoms with van der Waals surface area (Å²) in [4.78, 5) is 0. The van der Waals surface area contributed by atoms with E-state index in [2.05, 4.69) is 6.92 Å². The first-order valence-electron chi connectivity index (χ1n) is 4.10. The molecular weight excluding hydrogens is 148 g/mol. The zero-order chi connectivity index (χ0) is 7.40. The van der Waals surface area contributed by atoms with Crippen LogP contribution in [0.1, 0.15) is 32.6 Å². The van der Waals surface area contributed by atoms with Gasteiger partial charge in [0, 0.05) is 0 Å². The minimum Gasteiger partial charge on any atom is -0.372 e. The van der Waals surface area contributed by atoms with E-state index in [1.807, 2.05) is 0 Å². The summed E-state index contributed by atoms with van der Waals surface area (Å²) in [5, 5.41) is 0.284. The van der Waals surface area contributed by atoms with E-state index >= 15 is 0 Å². The zero-order valence-corrected chi connectivity index (χ0v) is 7.23. The molecule has 0 amide bonds. The average molecular weight is 163 g/mol. The van der Waals surface area contributed by atoms with Crippen molar-refractivity contribution in [3.05, 3.63) is 0 Å². The minimum atomic E-state index is 0.284.